The fourth-order valence-electron chi connectivity index (χ4n) is 5.34. The molecule has 0 radical (unpaired) electrons. The number of nitrogens with zero attached hydrogens (tertiary/aromatic N) is 3. The van der Waals surface area contributed by atoms with E-state index >= 15 is 0 Å². The minimum Gasteiger partial charge on any atom is -0.466 e. The van der Waals surface area contributed by atoms with Crippen LogP contribution in [0.5, 0.6) is 0 Å². The number of benzene rings is 1. The van der Waals surface area contributed by atoms with Crippen molar-refractivity contribution in [2.45, 2.75) is 71.9 Å². The van der Waals surface area contributed by atoms with Gasteiger partial charge < -0.3 is 9.47 Å². The molecule has 1 aromatic carbocycles. The molecule has 174 valence electrons. The Hall–Kier alpha value is -2.18. The smallest absolute Gasteiger partial charge is 0.312 e. The van der Waals surface area contributed by atoms with Crippen molar-refractivity contribution in [1.82, 2.24) is 14.7 Å². The first kappa shape index (κ1) is 23.0. The fourth-order valence-corrected chi connectivity index (χ4v) is 5.34. The van der Waals surface area contributed by atoms with E-state index in [0.29, 0.717) is 6.61 Å². The molecule has 32 heavy (non-hydrogen) atoms. The van der Waals surface area contributed by atoms with Crippen molar-refractivity contribution in [3.05, 3.63) is 47.3 Å². The van der Waals surface area contributed by atoms with Crippen LogP contribution in [-0.2, 0) is 20.8 Å². The van der Waals surface area contributed by atoms with E-state index in [9.17, 15) is 4.79 Å². The lowest BCUT2D eigenvalue weighted by atomic mass is 9.73. The average Bonchev–Trinajstić information content (AvgIpc) is 3.32. The number of hydrogen-bond acceptors (Lipinski definition) is 5. The van der Waals surface area contributed by atoms with E-state index in [2.05, 4.69) is 36.0 Å². The second kappa shape index (κ2) is 10.2. The van der Waals surface area contributed by atoms with E-state index in [1.165, 1.54) is 23.1 Å². The van der Waals surface area contributed by atoms with Gasteiger partial charge in [0.1, 0.15) is 0 Å². The summed E-state index contributed by atoms with van der Waals surface area (Å²) in [5.41, 5.74) is 4.56. The number of aryl methyl sites for hydroxylation is 2. The molecule has 1 aromatic heterocycles. The second-order valence-electron chi connectivity index (χ2n) is 9.50. The number of carbonyl (C=O) groups excluding carboxylic acids is 1. The Labute approximate surface area is 191 Å². The normalized spacial score (nSPS) is 21.4. The molecule has 0 unspecified atom stereocenters. The van der Waals surface area contributed by atoms with Gasteiger partial charge in [-0.05, 0) is 101 Å². The first-order valence-electron chi connectivity index (χ1n) is 12.1. The van der Waals surface area contributed by atoms with Gasteiger partial charge in [0, 0.05) is 25.5 Å². The number of rotatable bonds is 7. The summed E-state index contributed by atoms with van der Waals surface area (Å²) in [5, 5.41) is 4.48. The second-order valence-corrected chi connectivity index (χ2v) is 9.50. The zero-order chi connectivity index (χ0) is 22.6. The number of likely N-dealkylation sites (tertiary alicyclic amines) is 1. The first-order valence-corrected chi connectivity index (χ1v) is 12.1. The van der Waals surface area contributed by atoms with E-state index in [1.54, 1.807) is 0 Å². The molecule has 0 saturated carbocycles. The third-order valence-corrected chi connectivity index (χ3v) is 7.14. The topological polar surface area (TPSA) is 56.6 Å². The summed E-state index contributed by atoms with van der Waals surface area (Å²) in [5.74, 6) is -0.0300. The van der Waals surface area contributed by atoms with Gasteiger partial charge in [0.2, 0.25) is 0 Å². The lowest BCUT2D eigenvalue weighted by Crippen LogP contribution is -2.47. The molecule has 1 atom stereocenters. The van der Waals surface area contributed by atoms with Crippen LogP contribution in [0.1, 0.15) is 62.1 Å². The number of ether oxygens (including phenoxy) is 2. The Morgan fingerprint density at radius 2 is 2.06 bits per heavy atom. The van der Waals surface area contributed by atoms with Gasteiger partial charge in [-0.2, -0.15) is 5.10 Å². The van der Waals surface area contributed by atoms with Gasteiger partial charge in [-0.25, -0.2) is 4.68 Å². The number of piperidine rings is 1. The van der Waals surface area contributed by atoms with Crippen molar-refractivity contribution >= 4 is 5.97 Å². The molecular weight excluding hydrogens is 402 g/mol. The van der Waals surface area contributed by atoms with Gasteiger partial charge in [0.15, 0.2) is 0 Å². The predicted octanol–water partition coefficient (Wildman–Crippen LogP) is 4.59. The molecule has 0 bridgehead atoms. The molecule has 2 aliphatic rings. The predicted molar refractivity (Wildman–Crippen MR) is 125 cm³/mol. The maximum Gasteiger partial charge on any atom is 0.312 e. The van der Waals surface area contributed by atoms with Crippen LogP contribution in [0, 0.1) is 19.3 Å². The summed E-state index contributed by atoms with van der Waals surface area (Å²) < 4.78 is 13.5. The molecule has 2 aliphatic heterocycles. The molecule has 2 aromatic rings. The lowest BCUT2D eigenvalue weighted by Gasteiger charge is -2.42. The van der Waals surface area contributed by atoms with E-state index < -0.39 is 5.41 Å². The fraction of sp³-hybridized carbons (Fsp3) is 0.615. The SMILES string of the molecule is CCOC(=O)C1(C[C@H]2CCCCO2)CCN(Cc2c(C)cc(C)cc2-n2cccn2)CC1. The highest BCUT2D eigenvalue weighted by Crippen LogP contribution is 2.40. The van der Waals surface area contributed by atoms with Crippen molar-refractivity contribution in [1.29, 1.82) is 0 Å². The quantitative estimate of drug-likeness (QED) is 0.591. The largest absolute Gasteiger partial charge is 0.466 e. The molecule has 3 heterocycles. The highest BCUT2D eigenvalue weighted by Gasteiger charge is 2.44. The molecule has 0 aliphatic carbocycles. The molecule has 6 heteroatoms. The number of carbonyl (C=O) groups is 1. The van der Waals surface area contributed by atoms with Gasteiger partial charge in [-0.3, -0.25) is 9.69 Å². The summed E-state index contributed by atoms with van der Waals surface area (Å²) in [6.45, 7) is 10.1. The summed E-state index contributed by atoms with van der Waals surface area (Å²) in [4.78, 5) is 15.5. The molecule has 0 spiro atoms. The van der Waals surface area contributed by atoms with E-state index in [0.717, 1.165) is 64.0 Å². The van der Waals surface area contributed by atoms with Crippen molar-refractivity contribution < 1.29 is 14.3 Å². The van der Waals surface area contributed by atoms with Crippen molar-refractivity contribution in [3.63, 3.8) is 0 Å². The van der Waals surface area contributed by atoms with Crippen molar-refractivity contribution in [3.8, 4) is 5.69 Å². The van der Waals surface area contributed by atoms with Gasteiger partial charge in [0.25, 0.3) is 0 Å². The highest BCUT2D eigenvalue weighted by atomic mass is 16.5. The Bertz CT molecular complexity index is 895. The average molecular weight is 440 g/mol. The summed E-state index contributed by atoms with van der Waals surface area (Å²) in [6.07, 6.45) is 9.84. The van der Waals surface area contributed by atoms with Gasteiger partial charge >= 0.3 is 5.97 Å². The molecule has 2 fully saturated rings. The molecule has 6 nitrogen and oxygen atoms in total. The number of aromatic nitrogens is 2. The van der Waals surface area contributed by atoms with Gasteiger partial charge in [-0.15, -0.1) is 0 Å². The zero-order valence-corrected chi connectivity index (χ0v) is 19.8. The van der Waals surface area contributed by atoms with E-state index in [-0.39, 0.29) is 12.1 Å². The molecule has 4 rings (SSSR count). The monoisotopic (exact) mass is 439 g/mol. The number of hydrogen-bond donors (Lipinski definition) is 0. The van der Waals surface area contributed by atoms with Crippen LogP contribution in [0.2, 0.25) is 0 Å². The molecule has 2 saturated heterocycles. The van der Waals surface area contributed by atoms with Crippen molar-refractivity contribution in [2.24, 2.45) is 5.41 Å². The van der Waals surface area contributed by atoms with E-state index in [4.69, 9.17) is 9.47 Å². The summed E-state index contributed by atoms with van der Waals surface area (Å²) in [7, 11) is 0. The summed E-state index contributed by atoms with van der Waals surface area (Å²) in [6, 6.07) is 6.42. The summed E-state index contributed by atoms with van der Waals surface area (Å²) >= 11 is 0. The molecular formula is C26H37N3O3. The third kappa shape index (κ3) is 5.07. The van der Waals surface area contributed by atoms with Crippen LogP contribution in [0.15, 0.2) is 30.6 Å². The van der Waals surface area contributed by atoms with Crippen LogP contribution in [-0.4, -0.2) is 53.1 Å². The van der Waals surface area contributed by atoms with Crippen LogP contribution in [0.25, 0.3) is 5.69 Å². The van der Waals surface area contributed by atoms with Crippen LogP contribution < -0.4 is 0 Å². The Morgan fingerprint density at radius 3 is 2.72 bits per heavy atom. The standard InChI is InChI=1S/C26H37N3O3/c1-4-31-25(30)26(18-22-8-5-6-15-32-22)9-13-28(14-10-26)19-23-21(3)16-20(2)17-24(23)29-12-7-11-27-29/h7,11-12,16-17,22H,4-6,8-10,13-15,18-19H2,1-3H3/t22-/m1/s1. The van der Waals surface area contributed by atoms with Gasteiger partial charge in [0.05, 0.1) is 23.8 Å². The van der Waals surface area contributed by atoms with E-state index in [1.807, 2.05) is 30.1 Å². The number of esters is 1. The first-order chi connectivity index (χ1) is 15.5. The maximum atomic E-state index is 13.1. The Kier molecular flexibility index (Phi) is 7.31. The Morgan fingerprint density at radius 1 is 1.25 bits per heavy atom. The highest BCUT2D eigenvalue weighted by molar-refractivity contribution is 5.77. The van der Waals surface area contributed by atoms with Crippen LogP contribution in [0.3, 0.4) is 0 Å². The molecule has 0 amide bonds. The molecule has 0 N–H and O–H groups in total. The third-order valence-electron chi connectivity index (χ3n) is 7.14. The maximum absolute atomic E-state index is 13.1. The van der Waals surface area contributed by atoms with Gasteiger partial charge in [-0.1, -0.05) is 6.07 Å². The van der Waals surface area contributed by atoms with Crippen LogP contribution >= 0.6 is 0 Å². The van der Waals surface area contributed by atoms with Crippen molar-refractivity contribution in [2.75, 3.05) is 26.3 Å². The minimum atomic E-state index is -0.415. The lowest BCUT2D eigenvalue weighted by molar-refractivity contribution is -0.162. The Balaban J connectivity index is 1.49. The minimum absolute atomic E-state index is 0.0300. The van der Waals surface area contributed by atoms with Crippen LogP contribution in [0.4, 0.5) is 0 Å². The zero-order valence-electron chi connectivity index (χ0n) is 19.8.